The van der Waals surface area contributed by atoms with Crippen LogP contribution in [0.25, 0.3) is 0 Å². The number of carbonyl (C=O) groups is 1. The van der Waals surface area contributed by atoms with Gasteiger partial charge in [-0.2, -0.15) is 5.10 Å². The first kappa shape index (κ1) is 9.84. The second-order valence-corrected chi connectivity index (χ2v) is 4.63. The molecular weight excluding hydrogens is 204 g/mol. The van der Waals surface area contributed by atoms with Gasteiger partial charge in [-0.3, -0.25) is 14.4 Å². The molecule has 3 rings (SSSR count). The summed E-state index contributed by atoms with van der Waals surface area (Å²) in [4.78, 5) is 16.1. The van der Waals surface area contributed by atoms with Crippen molar-refractivity contribution in [3.8, 4) is 0 Å². The van der Waals surface area contributed by atoms with E-state index < -0.39 is 0 Å². The molecule has 0 atom stereocenters. The van der Waals surface area contributed by atoms with Crippen molar-refractivity contribution in [1.29, 1.82) is 0 Å². The molecule has 5 heteroatoms. The van der Waals surface area contributed by atoms with E-state index >= 15 is 0 Å². The van der Waals surface area contributed by atoms with Crippen LogP contribution in [0.5, 0.6) is 0 Å². The molecule has 0 aromatic carbocycles. The predicted molar refractivity (Wildman–Crippen MR) is 59.1 cm³/mol. The third-order valence-corrected chi connectivity index (χ3v) is 3.35. The van der Waals surface area contributed by atoms with Gasteiger partial charge in [0.1, 0.15) is 0 Å². The Morgan fingerprint density at radius 1 is 1.31 bits per heavy atom. The van der Waals surface area contributed by atoms with E-state index in [-0.39, 0.29) is 5.91 Å². The van der Waals surface area contributed by atoms with Gasteiger partial charge in [0.05, 0.1) is 12.2 Å². The topological polar surface area (TPSA) is 41.4 Å². The van der Waals surface area contributed by atoms with Crippen molar-refractivity contribution in [3.05, 3.63) is 17.5 Å². The molecule has 2 aliphatic rings. The summed E-state index contributed by atoms with van der Waals surface area (Å²) in [5, 5.41) is 4.39. The van der Waals surface area contributed by atoms with Gasteiger partial charge in [-0.25, -0.2) is 0 Å². The summed E-state index contributed by atoms with van der Waals surface area (Å²) in [5.74, 6) is 0.0933. The average molecular weight is 220 g/mol. The zero-order chi connectivity index (χ0) is 11.1. The van der Waals surface area contributed by atoms with Crippen LogP contribution in [0.3, 0.4) is 0 Å². The summed E-state index contributed by atoms with van der Waals surface area (Å²) in [5.41, 5.74) is 1.77. The lowest BCUT2D eigenvalue weighted by Crippen LogP contribution is -2.42. The normalized spacial score (nSPS) is 20.4. The van der Waals surface area contributed by atoms with E-state index in [2.05, 4.69) is 17.0 Å². The first-order valence-electron chi connectivity index (χ1n) is 5.78. The summed E-state index contributed by atoms with van der Waals surface area (Å²) < 4.78 is 1.97. The van der Waals surface area contributed by atoms with E-state index in [1.54, 1.807) is 0 Å². The molecule has 86 valence electrons. The predicted octanol–water partition coefficient (Wildman–Crippen LogP) is 0.174. The van der Waals surface area contributed by atoms with Gasteiger partial charge in [-0.15, -0.1) is 0 Å². The van der Waals surface area contributed by atoms with Crippen molar-refractivity contribution in [2.75, 3.05) is 26.7 Å². The Hall–Kier alpha value is -1.36. The van der Waals surface area contributed by atoms with E-state index in [9.17, 15) is 4.79 Å². The number of rotatable bonds is 1. The molecule has 0 spiro atoms. The Kier molecular flexibility index (Phi) is 2.21. The second-order valence-electron chi connectivity index (χ2n) is 4.63. The summed E-state index contributed by atoms with van der Waals surface area (Å²) >= 11 is 0. The number of hydrogen-bond donors (Lipinski definition) is 0. The molecule has 1 aromatic heterocycles. The van der Waals surface area contributed by atoms with Crippen LogP contribution in [0.1, 0.15) is 22.6 Å². The number of nitrogens with zero attached hydrogens (tertiary/aromatic N) is 4. The molecule has 0 saturated carbocycles. The highest BCUT2D eigenvalue weighted by Crippen LogP contribution is 2.16. The van der Waals surface area contributed by atoms with Gasteiger partial charge in [0.25, 0.3) is 5.91 Å². The Labute approximate surface area is 94.6 Å². The van der Waals surface area contributed by atoms with Gasteiger partial charge < -0.3 is 4.90 Å². The molecule has 3 heterocycles. The lowest BCUT2D eigenvalue weighted by molar-refractivity contribution is 0.0644. The van der Waals surface area contributed by atoms with Crippen LogP contribution in [0, 0.1) is 0 Å². The zero-order valence-corrected chi connectivity index (χ0v) is 9.52. The van der Waals surface area contributed by atoms with E-state index in [1.165, 1.54) is 0 Å². The fraction of sp³-hybridized carbons (Fsp3) is 0.636. The molecule has 0 bridgehead atoms. The van der Waals surface area contributed by atoms with Crippen LogP contribution in [-0.2, 0) is 13.1 Å². The quantitative estimate of drug-likeness (QED) is 0.677. The Morgan fingerprint density at radius 2 is 2.12 bits per heavy atom. The molecule has 0 aliphatic carbocycles. The standard InChI is InChI=1S/C11H16N4O/c1-13-5-6-15-9(8-13)7-10(12-15)11(16)14-3-2-4-14/h7H,2-6,8H2,1H3. The summed E-state index contributed by atoms with van der Waals surface area (Å²) in [6, 6.07) is 1.94. The van der Waals surface area contributed by atoms with Crippen LogP contribution in [0.15, 0.2) is 6.07 Å². The summed E-state index contributed by atoms with van der Waals surface area (Å²) in [7, 11) is 2.09. The smallest absolute Gasteiger partial charge is 0.274 e. The first-order valence-corrected chi connectivity index (χ1v) is 5.78. The minimum Gasteiger partial charge on any atom is -0.337 e. The lowest BCUT2D eigenvalue weighted by Gasteiger charge is -2.29. The Balaban J connectivity index is 1.83. The maximum absolute atomic E-state index is 12.0. The molecule has 0 radical (unpaired) electrons. The molecular formula is C11H16N4O. The maximum Gasteiger partial charge on any atom is 0.274 e. The number of fused-ring (bicyclic) bond motifs is 1. The molecule has 1 saturated heterocycles. The molecule has 0 N–H and O–H groups in total. The number of likely N-dealkylation sites (N-methyl/N-ethyl adjacent to an activating group) is 1. The van der Waals surface area contributed by atoms with Gasteiger partial charge in [0.2, 0.25) is 0 Å². The van der Waals surface area contributed by atoms with Gasteiger partial charge >= 0.3 is 0 Å². The summed E-state index contributed by atoms with van der Waals surface area (Å²) in [6.45, 7) is 4.56. The van der Waals surface area contributed by atoms with Crippen LogP contribution >= 0.6 is 0 Å². The molecule has 2 aliphatic heterocycles. The first-order chi connectivity index (χ1) is 7.74. The third-order valence-electron chi connectivity index (χ3n) is 3.35. The van der Waals surface area contributed by atoms with Crippen LogP contribution in [0.2, 0.25) is 0 Å². The van der Waals surface area contributed by atoms with Crippen molar-refractivity contribution in [3.63, 3.8) is 0 Å². The van der Waals surface area contributed by atoms with E-state index in [0.29, 0.717) is 5.69 Å². The van der Waals surface area contributed by atoms with Gasteiger partial charge in [0, 0.05) is 26.2 Å². The van der Waals surface area contributed by atoms with Gasteiger partial charge in [0.15, 0.2) is 5.69 Å². The van der Waals surface area contributed by atoms with Crippen molar-refractivity contribution in [1.82, 2.24) is 19.6 Å². The average Bonchev–Trinajstić information content (AvgIpc) is 2.57. The van der Waals surface area contributed by atoms with Gasteiger partial charge in [-0.1, -0.05) is 0 Å². The Morgan fingerprint density at radius 3 is 2.81 bits per heavy atom. The van der Waals surface area contributed by atoms with Crippen molar-refractivity contribution in [2.45, 2.75) is 19.5 Å². The lowest BCUT2D eigenvalue weighted by atomic mass is 10.2. The highest BCUT2D eigenvalue weighted by atomic mass is 16.2. The van der Waals surface area contributed by atoms with Crippen molar-refractivity contribution in [2.24, 2.45) is 0 Å². The van der Waals surface area contributed by atoms with Crippen molar-refractivity contribution < 1.29 is 4.79 Å². The highest BCUT2D eigenvalue weighted by molar-refractivity contribution is 5.92. The van der Waals surface area contributed by atoms with Crippen molar-refractivity contribution >= 4 is 5.91 Å². The minimum absolute atomic E-state index is 0.0933. The fourth-order valence-corrected chi connectivity index (χ4v) is 2.18. The number of carbonyl (C=O) groups excluding carboxylic acids is 1. The molecule has 1 fully saturated rings. The van der Waals surface area contributed by atoms with E-state index in [0.717, 1.165) is 44.8 Å². The van der Waals surface area contributed by atoms with E-state index in [1.807, 2.05) is 15.6 Å². The monoisotopic (exact) mass is 220 g/mol. The maximum atomic E-state index is 12.0. The summed E-state index contributed by atoms with van der Waals surface area (Å²) in [6.07, 6.45) is 1.13. The SMILES string of the molecule is CN1CCn2nc(C(=O)N3CCC3)cc2C1. The molecule has 1 amide bonds. The third kappa shape index (κ3) is 1.51. The minimum atomic E-state index is 0.0933. The van der Waals surface area contributed by atoms with Crippen LogP contribution < -0.4 is 0 Å². The van der Waals surface area contributed by atoms with Gasteiger partial charge in [-0.05, 0) is 19.5 Å². The zero-order valence-electron chi connectivity index (χ0n) is 9.52. The van der Waals surface area contributed by atoms with Crippen LogP contribution in [0.4, 0.5) is 0 Å². The number of hydrogen-bond acceptors (Lipinski definition) is 3. The molecule has 16 heavy (non-hydrogen) atoms. The number of aromatic nitrogens is 2. The number of likely N-dealkylation sites (tertiary alicyclic amines) is 1. The molecule has 0 unspecified atom stereocenters. The molecule has 1 aromatic rings. The number of amides is 1. The van der Waals surface area contributed by atoms with E-state index in [4.69, 9.17) is 0 Å². The largest absolute Gasteiger partial charge is 0.337 e. The fourth-order valence-electron chi connectivity index (χ4n) is 2.18. The Bertz CT molecular complexity index is 422. The van der Waals surface area contributed by atoms with Crippen LogP contribution in [-0.4, -0.2) is 52.2 Å². The second kappa shape index (κ2) is 3.59. The highest BCUT2D eigenvalue weighted by Gasteiger charge is 2.25. The molecule has 5 nitrogen and oxygen atoms in total.